The summed E-state index contributed by atoms with van der Waals surface area (Å²) in [6, 6.07) is 13.6. The van der Waals surface area contributed by atoms with Crippen molar-refractivity contribution in [2.45, 2.75) is 25.4 Å². The highest BCUT2D eigenvalue weighted by Gasteiger charge is 2.39. The van der Waals surface area contributed by atoms with Gasteiger partial charge >= 0.3 is 0 Å². The number of likely N-dealkylation sites (tertiary alicyclic amines) is 1. The Labute approximate surface area is 175 Å². The molecular weight excluding hydrogens is 378 g/mol. The number of rotatable bonds is 4. The number of carbonyl (C=O) groups excluding carboxylic acids is 2. The number of nitrogens with zero attached hydrogens (tertiary/aromatic N) is 4. The van der Waals surface area contributed by atoms with Crippen molar-refractivity contribution in [3.8, 4) is 0 Å². The van der Waals surface area contributed by atoms with Gasteiger partial charge in [-0.15, -0.1) is 0 Å². The number of anilines is 1. The molecule has 154 valence electrons. The first-order valence-electron chi connectivity index (χ1n) is 10.5. The van der Waals surface area contributed by atoms with E-state index in [2.05, 4.69) is 20.9 Å². The summed E-state index contributed by atoms with van der Waals surface area (Å²) in [6.07, 6.45) is 4.77. The van der Waals surface area contributed by atoms with E-state index in [1.807, 2.05) is 47.5 Å². The molecule has 1 aromatic carbocycles. The van der Waals surface area contributed by atoms with E-state index >= 15 is 0 Å². The van der Waals surface area contributed by atoms with Crippen LogP contribution in [0, 0.1) is 0 Å². The van der Waals surface area contributed by atoms with Gasteiger partial charge in [0.1, 0.15) is 11.9 Å². The van der Waals surface area contributed by atoms with E-state index in [4.69, 9.17) is 0 Å². The number of para-hydroxylation sites is 1. The second-order valence-corrected chi connectivity index (χ2v) is 7.94. The first-order valence-corrected chi connectivity index (χ1v) is 10.5. The van der Waals surface area contributed by atoms with Crippen molar-refractivity contribution in [1.82, 2.24) is 19.8 Å². The van der Waals surface area contributed by atoms with Crippen LogP contribution in [-0.2, 0) is 16.1 Å². The number of aromatic amines is 1. The molecule has 1 N–H and O–H groups in total. The number of hydrogen-bond donors (Lipinski definition) is 1. The molecule has 0 bridgehead atoms. The van der Waals surface area contributed by atoms with Crippen LogP contribution in [0.15, 0.2) is 54.9 Å². The first kappa shape index (κ1) is 18.7. The zero-order valence-corrected chi connectivity index (χ0v) is 16.8. The highest BCUT2D eigenvalue weighted by atomic mass is 16.2. The number of nitrogens with one attached hydrogen (secondary N) is 1. The molecule has 0 spiro atoms. The molecule has 2 aromatic heterocycles. The van der Waals surface area contributed by atoms with Crippen molar-refractivity contribution in [1.29, 1.82) is 0 Å². The molecule has 2 fully saturated rings. The van der Waals surface area contributed by atoms with Crippen molar-refractivity contribution in [3.63, 3.8) is 0 Å². The number of piperazine rings is 1. The fourth-order valence-electron chi connectivity index (χ4n) is 4.54. The fraction of sp³-hybridized carbons (Fsp3) is 0.348. The molecule has 2 amide bonds. The van der Waals surface area contributed by atoms with Gasteiger partial charge in [0, 0.05) is 62.4 Å². The number of carbonyl (C=O) groups is 2. The minimum atomic E-state index is -0.368. The largest absolute Gasteiger partial charge is 0.361 e. The van der Waals surface area contributed by atoms with Gasteiger partial charge in [0.2, 0.25) is 11.8 Å². The Hall–Kier alpha value is -3.35. The molecule has 2 aliphatic heterocycles. The summed E-state index contributed by atoms with van der Waals surface area (Å²) in [5.41, 5.74) is 2.10. The average molecular weight is 403 g/mol. The third-order valence-electron chi connectivity index (χ3n) is 6.19. The van der Waals surface area contributed by atoms with Gasteiger partial charge in [0.25, 0.3) is 0 Å². The Balaban J connectivity index is 1.27. The van der Waals surface area contributed by atoms with E-state index in [0.717, 1.165) is 35.4 Å². The number of aromatic nitrogens is 2. The van der Waals surface area contributed by atoms with Crippen LogP contribution in [0.2, 0.25) is 0 Å². The van der Waals surface area contributed by atoms with Crippen LogP contribution >= 0.6 is 0 Å². The maximum atomic E-state index is 13.3. The van der Waals surface area contributed by atoms with E-state index in [1.54, 1.807) is 11.1 Å². The number of benzene rings is 1. The molecule has 3 aromatic rings. The van der Waals surface area contributed by atoms with Gasteiger partial charge in [-0.2, -0.15) is 0 Å². The van der Waals surface area contributed by atoms with Crippen LogP contribution in [0.5, 0.6) is 0 Å². The number of fused-ring (bicyclic) bond motifs is 1. The van der Waals surface area contributed by atoms with Crippen LogP contribution < -0.4 is 4.90 Å². The van der Waals surface area contributed by atoms with Crippen LogP contribution in [0.1, 0.15) is 18.4 Å². The van der Waals surface area contributed by atoms with E-state index in [1.165, 1.54) is 0 Å². The fourth-order valence-corrected chi connectivity index (χ4v) is 4.54. The SMILES string of the molecule is O=C(C1CCC(=O)N1Cc1c[nH]c2ccccc12)N1CCN(c2ccccn2)CC1. The maximum absolute atomic E-state index is 13.3. The molecule has 7 nitrogen and oxygen atoms in total. The zero-order valence-electron chi connectivity index (χ0n) is 16.8. The lowest BCUT2D eigenvalue weighted by atomic mass is 10.1. The summed E-state index contributed by atoms with van der Waals surface area (Å²) in [5, 5.41) is 1.10. The molecule has 30 heavy (non-hydrogen) atoms. The summed E-state index contributed by atoms with van der Waals surface area (Å²) >= 11 is 0. The monoisotopic (exact) mass is 403 g/mol. The molecule has 4 heterocycles. The first-order chi connectivity index (χ1) is 14.7. The van der Waals surface area contributed by atoms with Gasteiger partial charge < -0.3 is 19.7 Å². The predicted octanol–water partition coefficient (Wildman–Crippen LogP) is 2.40. The van der Waals surface area contributed by atoms with Crippen molar-refractivity contribution in [2.24, 2.45) is 0 Å². The van der Waals surface area contributed by atoms with E-state index in [0.29, 0.717) is 32.5 Å². The smallest absolute Gasteiger partial charge is 0.245 e. The minimum absolute atomic E-state index is 0.0609. The maximum Gasteiger partial charge on any atom is 0.245 e. The molecule has 1 atom stereocenters. The van der Waals surface area contributed by atoms with Gasteiger partial charge in [-0.25, -0.2) is 4.98 Å². The standard InChI is InChI=1S/C23H25N5O2/c29-22-9-8-20(28(22)16-17-15-25-19-6-2-1-5-18(17)19)23(30)27-13-11-26(12-14-27)21-7-3-4-10-24-21/h1-7,10,15,20,25H,8-9,11-14,16H2. The van der Waals surface area contributed by atoms with Crippen molar-refractivity contribution in [2.75, 3.05) is 31.1 Å². The Morgan fingerprint density at radius 2 is 1.87 bits per heavy atom. The van der Waals surface area contributed by atoms with Gasteiger partial charge in [-0.05, 0) is 30.2 Å². The molecule has 1 unspecified atom stereocenters. The summed E-state index contributed by atoms with van der Waals surface area (Å²) < 4.78 is 0. The van der Waals surface area contributed by atoms with Crippen LogP contribution in [-0.4, -0.2) is 63.8 Å². The number of pyridine rings is 1. The minimum Gasteiger partial charge on any atom is -0.361 e. The summed E-state index contributed by atoms with van der Waals surface area (Å²) in [4.78, 5) is 39.4. The van der Waals surface area contributed by atoms with Crippen LogP contribution in [0.4, 0.5) is 5.82 Å². The highest BCUT2D eigenvalue weighted by Crippen LogP contribution is 2.27. The number of hydrogen-bond acceptors (Lipinski definition) is 4. The molecule has 5 rings (SSSR count). The lowest BCUT2D eigenvalue weighted by molar-refractivity contribution is -0.142. The molecule has 0 aliphatic carbocycles. The average Bonchev–Trinajstić information content (AvgIpc) is 3.38. The van der Waals surface area contributed by atoms with Gasteiger partial charge in [0.05, 0.1) is 0 Å². The van der Waals surface area contributed by atoms with Crippen LogP contribution in [0.25, 0.3) is 10.9 Å². The van der Waals surface area contributed by atoms with Gasteiger partial charge in [0.15, 0.2) is 0 Å². The molecule has 2 saturated heterocycles. The van der Waals surface area contributed by atoms with E-state index < -0.39 is 0 Å². The zero-order chi connectivity index (χ0) is 20.5. The second-order valence-electron chi connectivity index (χ2n) is 7.94. The Morgan fingerprint density at radius 1 is 1.07 bits per heavy atom. The summed E-state index contributed by atoms with van der Waals surface area (Å²) in [5.74, 6) is 1.08. The lowest BCUT2D eigenvalue weighted by Crippen LogP contribution is -2.54. The third kappa shape index (κ3) is 3.40. The number of amides is 2. The topological polar surface area (TPSA) is 72.5 Å². The van der Waals surface area contributed by atoms with Gasteiger partial charge in [-0.1, -0.05) is 24.3 Å². The predicted molar refractivity (Wildman–Crippen MR) is 115 cm³/mol. The second kappa shape index (κ2) is 7.82. The van der Waals surface area contributed by atoms with Gasteiger partial charge in [-0.3, -0.25) is 9.59 Å². The van der Waals surface area contributed by atoms with Crippen molar-refractivity contribution < 1.29 is 9.59 Å². The Morgan fingerprint density at radius 3 is 2.67 bits per heavy atom. The molecule has 2 aliphatic rings. The normalized spacial score (nSPS) is 19.7. The lowest BCUT2D eigenvalue weighted by Gasteiger charge is -2.37. The molecule has 0 radical (unpaired) electrons. The molecule has 0 saturated carbocycles. The highest BCUT2D eigenvalue weighted by molar-refractivity contribution is 5.91. The molecular formula is C23H25N5O2. The Bertz CT molecular complexity index is 1060. The Kier molecular flexibility index (Phi) is 4.86. The molecule has 7 heteroatoms. The van der Waals surface area contributed by atoms with Crippen LogP contribution in [0.3, 0.4) is 0 Å². The third-order valence-corrected chi connectivity index (χ3v) is 6.19. The van der Waals surface area contributed by atoms with Crippen molar-refractivity contribution >= 4 is 28.5 Å². The summed E-state index contributed by atoms with van der Waals surface area (Å²) in [6.45, 7) is 3.28. The van der Waals surface area contributed by atoms with E-state index in [-0.39, 0.29) is 17.9 Å². The van der Waals surface area contributed by atoms with E-state index in [9.17, 15) is 9.59 Å². The van der Waals surface area contributed by atoms with Crippen molar-refractivity contribution in [3.05, 3.63) is 60.4 Å². The summed E-state index contributed by atoms with van der Waals surface area (Å²) in [7, 11) is 0. The quantitative estimate of drug-likeness (QED) is 0.726. The number of H-pyrrole nitrogens is 1.